The number of fused-ring (bicyclic) bond motifs is 1. The third-order valence-electron chi connectivity index (χ3n) is 4.96. The number of carbonyl (C=O) groups excluding carboxylic acids is 3. The molecule has 9 nitrogen and oxygen atoms in total. The average Bonchev–Trinajstić information content (AvgIpc) is 3.21. The Morgan fingerprint density at radius 2 is 1.88 bits per heavy atom. The number of hydrazone groups is 1. The lowest BCUT2D eigenvalue weighted by Gasteiger charge is -2.27. The maximum absolute atomic E-state index is 12.8. The topological polar surface area (TPSA) is 116 Å². The van der Waals surface area contributed by atoms with Gasteiger partial charge in [0.2, 0.25) is 0 Å². The van der Waals surface area contributed by atoms with Crippen molar-refractivity contribution in [2.75, 3.05) is 31.6 Å². The van der Waals surface area contributed by atoms with Gasteiger partial charge in [0.1, 0.15) is 0 Å². The third-order valence-corrected chi connectivity index (χ3v) is 5.45. The minimum absolute atomic E-state index is 0.229. The Morgan fingerprint density at radius 1 is 1.09 bits per heavy atom. The number of halogens is 1. The molecule has 0 spiro atoms. The molecule has 1 aliphatic heterocycles. The summed E-state index contributed by atoms with van der Waals surface area (Å²) in [4.78, 5) is 42.1. The quantitative estimate of drug-likeness (QED) is 0.291. The lowest BCUT2D eigenvalue weighted by atomic mass is 10.1. The van der Waals surface area contributed by atoms with Gasteiger partial charge in [-0.3, -0.25) is 14.4 Å². The predicted molar refractivity (Wildman–Crippen MR) is 124 cm³/mol. The average molecular weight is 498 g/mol. The van der Waals surface area contributed by atoms with Gasteiger partial charge in [-0.1, -0.05) is 28.1 Å². The number of rotatable bonds is 4. The number of H-pyrrole nitrogens is 1. The lowest BCUT2D eigenvalue weighted by Crippen LogP contribution is -2.41. The number of para-hydroxylation sites is 1. The fourth-order valence-electron chi connectivity index (χ4n) is 3.33. The minimum Gasteiger partial charge on any atom is -0.378 e. The first-order valence-corrected chi connectivity index (χ1v) is 10.7. The van der Waals surface area contributed by atoms with Crippen LogP contribution < -0.4 is 10.7 Å². The van der Waals surface area contributed by atoms with Crippen LogP contribution in [0.1, 0.15) is 15.9 Å². The van der Waals surface area contributed by atoms with Gasteiger partial charge in [0, 0.05) is 40.2 Å². The fourth-order valence-corrected chi connectivity index (χ4v) is 3.69. The summed E-state index contributed by atoms with van der Waals surface area (Å²) in [5.74, 6) is -2.10. The monoisotopic (exact) mass is 497 g/mol. The van der Waals surface area contributed by atoms with Crippen molar-refractivity contribution in [2.45, 2.75) is 0 Å². The smallest absolute Gasteiger partial charge is 0.329 e. The van der Waals surface area contributed by atoms with Crippen LogP contribution in [0.4, 0.5) is 5.69 Å². The molecule has 3 amide bonds. The van der Waals surface area contributed by atoms with Gasteiger partial charge < -0.3 is 19.9 Å². The molecule has 0 unspecified atom stereocenters. The first-order chi connectivity index (χ1) is 15.5. The molecular weight excluding hydrogens is 478 g/mol. The molecule has 1 saturated heterocycles. The van der Waals surface area contributed by atoms with Gasteiger partial charge in [-0.05, 0) is 30.3 Å². The number of carbonyl (C=O) groups is 3. The highest BCUT2D eigenvalue weighted by molar-refractivity contribution is 9.10. The number of amides is 3. The van der Waals surface area contributed by atoms with E-state index in [4.69, 9.17) is 4.74 Å². The highest BCUT2D eigenvalue weighted by Gasteiger charge is 2.22. The predicted octanol–water partition coefficient (Wildman–Crippen LogP) is 2.49. The van der Waals surface area contributed by atoms with Crippen LogP contribution in [-0.4, -0.2) is 60.1 Å². The maximum Gasteiger partial charge on any atom is 0.329 e. The van der Waals surface area contributed by atoms with Gasteiger partial charge in [-0.2, -0.15) is 5.10 Å². The van der Waals surface area contributed by atoms with Crippen molar-refractivity contribution >= 4 is 56.5 Å². The Kier molecular flexibility index (Phi) is 6.62. The normalized spacial score (nSPS) is 14.0. The van der Waals surface area contributed by atoms with Crippen LogP contribution in [0.5, 0.6) is 0 Å². The molecule has 1 aliphatic rings. The number of morpholine rings is 1. The standard InChI is InChI=1S/C22H20BrN5O4/c23-15-5-6-18-17(11-15)14(12-24-18)13-25-27-21(30)20(29)26-19-4-2-1-3-16(19)22(31)28-7-9-32-10-8-28/h1-6,11-13,24H,7-10H2,(H,26,29)(H,27,30)/b25-13+. The molecule has 1 aromatic heterocycles. The van der Waals surface area contributed by atoms with Crippen LogP contribution >= 0.6 is 15.9 Å². The summed E-state index contributed by atoms with van der Waals surface area (Å²) in [6.07, 6.45) is 3.20. The Labute approximate surface area is 191 Å². The van der Waals surface area contributed by atoms with Gasteiger partial charge in [0.15, 0.2) is 0 Å². The van der Waals surface area contributed by atoms with Crippen LogP contribution in [0.2, 0.25) is 0 Å². The number of benzene rings is 2. The lowest BCUT2D eigenvalue weighted by molar-refractivity contribution is -0.136. The number of hydrogen-bond donors (Lipinski definition) is 3. The summed E-state index contributed by atoms with van der Waals surface area (Å²) >= 11 is 3.42. The summed E-state index contributed by atoms with van der Waals surface area (Å²) in [6.45, 7) is 1.88. The van der Waals surface area contributed by atoms with Gasteiger partial charge >= 0.3 is 11.8 Å². The fraction of sp³-hybridized carbons (Fsp3) is 0.182. The van der Waals surface area contributed by atoms with Gasteiger partial charge in [-0.15, -0.1) is 0 Å². The van der Waals surface area contributed by atoms with Crippen molar-refractivity contribution in [1.29, 1.82) is 0 Å². The number of ether oxygens (including phenoxy) is 1. The summed E-state index contributed by atoms with van der Waals surface area (Å²) in [5.41, 5.74) is 4.45. The number of anilines is 1. The first-order valence-electron chi connectivity index (χ1n) is 9.90. The molecular formula is C22H20BrN5O4. The van der Waals surface area contributed by atoms with Crippen molar-refractivity contribution in [3.63, 3.8) is 0 Å². The SMILES string of the molecule is O=C(N/N=C/c1c[nH]c2ccc(Br)cc12)C(=O)Nc1ccccc1C(=O)N1CCOCC1. The van der Waals surface area contributed by atoms with Crippen molar-refractivity contribution in [3.8, 4) is 0 Å². The third kappa shape index (κ3) is 4.87. The molecule has 0 radical (unpaired) electrons. The zero-order valence-electron chi connectivity index (χ0n) is 16.9. The Hall–Kier alpha value is -3.50. The van der Waals surface area contributed by atoms with Crippen LogP contribution in [0.25, 0.3) is 10.9 Å². The molecule has 0 saturated carbocycles. The Bertz CT molecular complexity index is 1200. The molecule has 0 aliphatic carbocycles. The molecule has 164 valence electrons. The molecule has 32 heavy (non-hydrogen) atoms. The number of aromatic amines is 1. The highest BCUT2D eigenvalue weighted by Crippen LogP contribution is 2.21. The van der Waals surface area contributed by atoms with E-state index in [0.29, 0.717) is 31.9 Å². The van der Waals surface area contributed by atoms with Crippen molar-refractivity contribution in [1.82, 2.24) is 15.3 Å². The van der Waals surface area contributed by atoms with E-state index in [1.807, 2.05) is 18.2 Å². The summed E-state index contributed by atoms with van der Waals surface area (Å²) < 4.78 is 6.18. The van der Waals surface area contributed by atoms with E-state index in [0.717, 1.165) is 20.9 Å². The van der Waals surface area contributed by atoms with E-state index in [1.54, 1.807) is 35.4 Å². The van der Waals surface area contributed by atoms with E-state index >= 15 is 0 Å². The van der Waals surface area contributed by atoms with E-state index in [-0.39, 0.29) is 11.6 Å². The van der Waals surface area contributed by atoms with Crippen molar-refractivity contribution < 1.29 is 19.1 Å². The van der Waals surface area contributed by atoms with Gasteiger partial charge in [0.05, 0.1) is 30.7 Å². The second kappa shape index (κ2) is 9.75. The molecule has 1 fully saturated rings. The van der Waals surface area contributed by atoms with Crippen LogP contribution in [0.3, 0.4) is 0 Å². The highest BCUT2D eigenvalue weighted by atomic mass is 79.9. The number of hydrogen-bond acceptors (Lipinski definition) is 5. The number of nitrogens with zero attached hydrogens (tertiary/aromatic N) is 2. The maximum atomic E-state index is 12.8. The van der Waals surface area contributed by atoms with Crippen LogP contribution in [-0.2, 0) is 14.3 Å². The molecule has 2 aromatic carbocycles. The summed E-state index contributed by atoms with van der Waals surface area (Å²) in [6, 6.07) is 12.3. The zero-order valence-corrected chi connectivity index (χ0v) is 18.5. The summed E-state index contributed by atoms with van der Waals surface area (Å²) in [7, 11) is 0. The minimum atomic E-state index is -0.948. The molecule has 4 rings (SSSR count). The van der Waals surface area contributed by atoms with Crippen molar-refractivity contribution in [3.05, 3.63) is 64.3 Å². The molecule has 2 heterocycles. The van der Waals surface area contributed by atoms with Gasteiger partial charge in [-0.25, -0.2) is 5.43 Å². The first kappa shape index (κ1) is 21.7. The van der Waals surface area contributed by atoms with E-state index in [2.05, 4.69) is 36.8 Å². The number of nitrogens with one attached hydrogen (secondary N) is 3. The Balaban J connectivity index is 1.40. The van der Waals surface area contributed by atoms with Crippen LogP contribution in [0.15, 0.2) is 58.2 Å². The van der Waals surface area contributed by atoms with E-state index in [9.17, 15) is 14.4 Å². The van der Waals surface area contributed by atoms with Crippen LogP contribution in [0, 0.1) is 0 Å². The second-order valence-corrected chi connectivity index (χ2v) is 7.95. The zero-order chi connectivity index (χ0) is 22.5. The Morgan fingerprint density at radius 3 is 2.69 bits per heavy atom. The summed E-state index contributed by atoms with van der Waals surface area (Å²) in [5, 5.41) is 7.29. The largest absolute Gasteiger partial charge is 0.378 e. The number of aromatic nitrogens is 1. The molecule has 3 aromatic rings. The van der Waals surface area contributed by atoms with E-state index < -0.39 is 11.8 Å². The van der Waals surface area contributed by atoms with E-state index in [1.165, 1.54) is 6.21 Å². The van der Waals surface area contributed by atoms with Crippen molar-refractivity contribution in [2.24, 2.45) is 5.10 Å². The molecule has 0 atom stereocenters. The molecule has 3 N–H and O–H groups in total. The molecule has 10 heteroatoms. The van der Waals surface area contributed by atoms with Gasteiger partial charge in [0.25, 0.3) is 5.91 Å². The second-order valence-electron chi connectivity index (χ2n) is 7.04. The molecule has 0 bridgehead atoms.